The topological polar surface area (TPSA) is 56.5 Å². The number of aliphatic hydroxyl groups is 1. The van der Waals surface area contributed by atoms with E-state index in [1.165, 1.54) is 0 Å². The fourth-order valence-corrected chi connectivity index (χ4v) is 2.32. The molecule has 1 unspecified atom stereocenters. The zero-order chi connectivity index (χ0) is 12.2. The molecule has 0 aliphatic carbocycles. The van der Waals surface area contributed by atoms with E-state index in [-0.39, 0.29) is 6.61 Å². The van der Waals surface area contributed by atoms with Gasteiger partial charge in [0.1, 0.15) is 5.60 Å². The first-order valence-corrected chi connectivity index (χ1v) is 5.74. The minimum atomic E-state index is -1.07. The average molecular weight is 293 g/mol. The molecule has 0 radical (unpaired) electrons. The Morgan fingerprint density at radius 3 is 2.75 bits per heavy atom. The van der Waals surface area contributed by atoms with Gasteiger partial charge in [0.25, 0.3) is 0 Å². The first kappa shape index (κ1) is 13.6. The number of nitrogens with zero attached hydrogens (tertiary/aromatic N) is 2. The number of hydrogen-bond acceptors (Lipinski definition) is 4. The summed E-state index contributed by atoms with van der Waals surface area (Å²) in [6, 6.07) is 0. The predicted octanol–water partition coefficient (Wildman–Crippen LogP) is 1.15. The minimum Gasteiger partial charge on any atom is -0.383 e. The van der Waals surface area contributed by atoms with E-state index in [1.54, 1.807) is 32.0 Å². The first-order valence-electron chi connectivity index (χ1n) is 4.95. The van der Waals surface area contributed by atoms with Gasteiger partial charge in [0.05, 0.1) is 36.1 Å². The summed E-state index contributed by atoms with van der Waals surface area (Å²) >= 11 is 3.38. The number of ether oxygens (including phenoxy) is 2. The highest BCUT2D eigenvalue weighted by Crippen LogP contribution is 2.28. The SMILES string of the molecule is COCCn1ncc(Br)c1C(C)(O)COC. The normalized spacial score (nSPS) is 15.1. The third kappa shape index (κ3) is 3.04. The summed E-state index contributed by atoms with van der Waals surface area (Å²) in [6.07, 6.45) is 1.66. The summed E-state index contributed by atoms with van der Waals surface area (Å²) in [5, 5.41) is 14.5. The Hall–Kier alpha value is -0.430. The van der Waals surface area contributed by atoms with E-state index in [1.807, 2.05) is 0 Å². The van der Waals surface area contributed by atoms with Gasteiger partial charge in [-0.2, -0.15) is 5.10 Å². The molecule has 1 N–H and O–H groups in total. The quantitative estimate of drug-likeness (QED) is 0.854. The van der Waals surface area contributed by atoms with E-state index >= 15 is 0 Å². The lowest BCUT2D eigenvalue weighted by molar-refractivity contribution is -0.0283. The summed E-state index contributed by atoms with van der Waals surface area (Å²) in [4.78, 5) is 0. The van der Waals surface area contributed by atoms with Gasteiger partial charge < -0.3 is 14.6 Å². The van der Waals surface area contributed by atoms with Crippen molar-refractivity contribution < 1.29 is 14.6 Å². The highest BCUT2D eigenvalue weighted by molar-refractivity contribution is 9.10. The standard InChI is InChI=1S/C10H17BrN2O3/c1-10(14,7-16-3)9-8(11)6-12-13(9)4-5-15-2/h6,14H,4-5,7H2,1-3H3. The summed E-state index contributed by atoms with van der Waals surface area (Å²) in [7, 11) is 3.18. The fraction of sp³-hybridized carbons (Fsp3) is 0.700. The third-order valence-electron chi connectivity index (χ3n) is 2.24. The van der Waals surface area contributed by atoms with Gasteiger partial charge in [-0.05, 0) is 22.9 Å². The van der Waals surface area contributed by atoms with Gasteiger partial charge in [-0.15, -0.1) is 0 Å². The highest BCUT2D eigenvalue weighted by Gasteiger charge is 2.30. The van der Waals surface area contributed by atoms with Gasteiger partial charge in [-0.3, -0.25) is 4.68 Å². The lowest BCUT2D eigenvalue weighted by atomic mass is 10.0. The number of aromatic nitrogens is 2. The van der Waals surface area contributed by atoms with Crippen molar-refractivity contribution >= 4 is 15.9 Å². The highest BCUT2D eigenvalue weighted by atomic mass is 79.9. The van der Waals surface area contributed by atoms with Crippen molar-refractivity contribution in [2.75, 3.05) is 27.4 Å². The zero-order valence-corrected chi connectivity index (χ0v) is 11.3. The summed E-state index contributed by atoms with van der Waals surface area (Å²) in [5.41, 5.74) is -0.371. The van der Waals surface area contributed by atoms with Crippen LogP contribution in [0.3, 0.4) is 0 Å². The lowest BCUT2D eigenvalue weighted by Crippen LogP contribution is -2.31. The van der Waals surface area contributed by atoms with Crippen molar-refractivity contribution in [1.29, 1.82) is 0 Å². The van der Waals surface area contributed by atoms with Crippen molar-refractivity contribution in [1.82, 2.24) is 9.78 Å². The van der Waals surface area contributed by atoms with Gasteiger partial charge in [0.2, 0.25) is 0 Å². The first-order chi connectivity index (χ1) is 7.53. The van der Waals surface area contributed by atoms with Crippen LogP contribution in [0.5, 0.6) is 0 Å². The van der Waals surface area contributed by atoms with E-state index < -0.39 is 5.60 Å². The molecule has 92 valence electrons. The molecule has 0 fully saturated rings. The van der Waals surface area contributed by atoms with Crippen molar-refractivity contribution in [2.24, 2.45) is 0 Å². The molecule has 0 amide bonds. The molecule has 1 heterocycles. The Morgan fingerprint density at radius 1 is 1.50 bits per heavy atom. The molecule has 5 nitrogen and oxygen atoms in total. The van der Waals surface area contributed by atoms with Gasteiger partial charge in [-0.1, -0.05) is 0 Å². The molecule has 6 heteroatoms. The molecule has 0 saturated heterocycles. The van der Waals surface area contributed by atoms with Crippen LogP contribution in [0, 0.1) is 0 Å². The predicted molar refractivity (Wildman–Crippen MR) is 63.2 cm³/mol. The molecular weight excluding hydrogens is 276 g/mol. The van der Waals surface area contributed by atoms with E-state index in [0.717, 1.165) is 4.47 Å². The van der Waals surface area contributed by atoms with Crippen LogP contribution in [0.25, 0.3) is 0 Å². The second-order valence-electron chi connectivity index (χ2n) is 3.76. The van der Waals surface area contributed by atoms with E-state index in [9.17, 15) is 5.11 Å². The Bertz CT molecular complexity index is 339. The van der Waals surface area contributed by atoms with Crippen molar-refractivity contribution in [3.63, 3.8) is 0 Å². The number of halogens is 1. The van der Waals surface area contributed by atoms with Crippen LogP contribution in [0.1, 0.15) is 12.6 Å². The second-order valence-corrected chi connectivity index (χ2v) is 4.62. The molecule has 0 spiro atoms. The van der Waals surface area contributed by atoms with Gasteiger partial charge in [0, 0.05) is 14.2 Å². The maximum Gasteiger partial charge on any atom is 0.128 e. The summed E-state index contributed by atoms with van der Waals surface area (Å²) < 4.78 is 12.5. The van der Waals surface area contributed by atoms with E-state index in [4.69, 9.17) is 9.47 Å². The third-order valence-corrected chi connectivity index (χ3v) is 2.82. The zero-order valence-electron chi connectivity index (χ0n) is 9.73. The van der Waals surface area contributed by atoms with Crippen LogP contribution in [0.2, 0.25) is 0 Å². The molecule has 1 rings (SSSR count). The molecule has 1 atom stereocenters. The summed E-state index contributed by atoms with van der Waals surface area (Å²) in [6.45, 7) is 3.05. The molecule has 16 heavy (non-hydrogen) atoms. The molecule has 0 aliphatic heterocycles. The van der Waals surface area contributed by atoms with Crippen LogP contribution < -0.4 is 0 Å². The fourth-order valence-electron chi connectivity index (χ4n) is 1.59. The van der Waals surface area contributed by atoms with Crippen LogP contribution in [0.15, 0.2) is 10.7 Å². The number of methoxy groups -OCH3 is 2. The Balaban J connectivity index is 2.96. The van der Waals surface area contributed by atoms with Crippen LogP contribution >= 0.6 is 15.9 Å². The van der Waals surface area contributed by atoms with Gasteiger partial charge in [0.15, 0.2) is 0 Å². The molecule has 0 bridgehead atoms. The van der Waals surface area contributed by atoms with E-state index in [2.05, 4.69) is 21.0 Å². The Kier molecular flexibility index (Phi) is 4.91. The average Bonchev–Trinajstić information content (AvgIpc) is 2.57. The van der Waals surface area contributed by atoms with Crippen LogP contribution in [-0.2, 0) is 21.6 Å². The second kappa shape index (κ2) is 5.77. The van der Waals surface area contributed by atoms with Gasteiger partial charge >= 0.3 is 0 Å². The molecule has 1 aromatic heterocycles. The minimum absolute atomic E-state index is 0.213. The van der Waals surface area contributed by atoms with Crippen molar-refractivity contribution in [3.05, 3.63) is 16.4 Å². The van der Waals surface area contributed by atoms with Crippen LogP contribution in [-0.4, -0.2) is 42.3 Å². The maximum atomic E-state index is 10.3. The maximum absolute atomic E-state index is 10.3. The monoisotopic (exact) mass is 292 g/mol. The van der Waals surface area contributed by atoms with Gasteiger partial charge in [-0.25, -0.2) is 0 Å². The molecule has 0 aromatic carbocycles. The summed E-state index contributed by atoms with van der Waals surface area (Å²) in [5.74, 6) is 0. The van der Waals surface area contributed by atoms with Crippen LogP contribution in [0.4, 0.5) is 0 Å². The smallest absolute Gasteiger partial charge is 0.128 e. The van der Waals surface area contributed by atoms with Crippen molar-refractivity contribution in [3.8, 4) is 0 Å². The largest absolute Gasteiger partial charge is 0.383 e. The number of hydrogen-bond donors (Lipinski definition) is 1. The molecule has 0 aliphatic rings. The van der Waals surface area contributed by atoms with E-state index in [0.29, 0.717) is 18.8 Å². The number of rotatable bonds is 6. The molecule has 0 saturated carbocycles. The molecule has 1 aromatic rings. The van der Waals surface area contributed by atoms with Crippen molar-refractivity contribution in [2.45, 2.75) is 19.1 Å². The Labute approximate surface area is 103 Å². The lowest BCUT2D eigenvalue weighted by Gasteiger charge is -2.24. The molecular formula is C10H17BrN2O3. The Morgan fingerprint density at radius 2 is 2.19 bits per heavy atom.